The Labute approximate surface area is 112 Å². The van der Waals surface area contributed by atoms with E-state index in [9.17, 15) is 0 Å². The summed E-state index contributed by atoms with van der Waals surface area (Å²) in [6.07, 6.45) is 1.80. The third-order valence-electron chi connectivity index (χ3n) is 2.72. The molecule has 0 aliphatic rings. The lowest BCUT2D eigenvalue weighted by Crippen LogP contribution is -2.13. The fourth-order valence-electron chi connectivity index (χ4n) is 1.94. The number of aliphatic hydroxyl groups excluding tert-OH is 1. The van der Waals surface area contributed by atoms with Crippen LogP contribution in [0.2, 0.25) is 0 Å². The van der Waals surface area contributed by atoms with Gasteiger partial charge in [0.15, 0.2) is 6.79 Å². The van der Waals surface area contributed by atoms with Crippen LogP contribution in [0, 0.1) is 6.07 Å². The van der Waals surface area contributed by atoms with Crippen LogP contribution in [0.1, 0.15) is 5.56 Å². The van der Waals surface area contributed by atoms with Gasteiger partial charge in [0.05, 0.1) is 18.7 Å². The summed E-state index contributed by atoms with van der Waals surface area (Å²) >= 11 is 0. The van der Waals surface area contributed by atoms with Crippen molar-refractivity contribution in [2.75, 3.05) is 34.1 Å². The van der Waals surface area contributed by atoms with Crippen molar-refractivity contribution in [2.24, 2.45) is 0 Å². The van der Waals surface area contributed by atoms with E-state index in [4.69, 9.17) is 14.6 Å². The van der Waals surface area contributed by atoms with E-state index in [0.717, 1.165) is 28.8 Å². The quantitative estimate of drug-likeness (QED) is 0.585. The minimum atomic E-state index is -0.00145. The van der Waals surface area contributed by atoms with Crippen LogP contribution in [0.25, 0.3) is 10.9 Å². The second-order valence-corrected chi connectivity index (χ2v) is 4.53. The van der Waals surface area contributed by atoms with Crippen LogP contribution < -0.4 is 4.74 Å². The summed E-state index contributed by atoms with van der Waals surface area (Å²) in [6, 6.07) is 7.03. The highest BCUT2D eigenvalue weighted by molar-refractivity contribution is 5.84. The van der Waals surface area contributed by atoms with Gasteiger partial charge < -0.3 is 24.5 Å². The number of rotatable bonds is 7. The van der Waals surface area contributed by atoms with Gasteiger partial charge in [0.2, 0.25) is 0 Å². The van der Waals surface area contributed by atoms with Crippen molar-refractivity contribution < 1.29 is 14.6 Å². The normalized spacial score (nSPS) is 11.4. The molecule has 1 aromatic heterocycles. The highest BCUT2D eigenvalue weighted by Gasteiger charge is 2.11. The zero-order valence-electron chi connectivity index (χ0n) is 11.3. The molecule has 0 amide bonds. The molecule has 103 valence electrons. The minimum absolute atomic E-state index is 0.00145. The highest BCUT2D eigenvalue weighted by Crippen LogP contribution is 2.27. The summed E-state index contributed by atoms with van der Waals surface area (Å²) in [5.41, 5.74) is 2.12. The maximum absolute atomic E-state index is 8.65. The van der Waals surface area contributed by atoms with Crippen molar-refractivity contribution in [1.29, 1.82) is 0 Å². The van der Waals surface area contributed by atoms with Crippen LogP contribution in [-0.4, -0.2) is 49.1 Å². The molecule has 0 unspecified atom stereocenters. The van der Waals surface area contributed by atoms with Gasteiger partial charge in [-0.1, -0.05) is 0 Å². The standard InChI is InChI=1S/C14H19N2O3/c1-16(2)9-12-13(19-10-18-8-7-17)4-3-11-5-6-15-14(11)12/h3-4,6,15,17H,7-10H2,1-2H3. The maximum atomic E-state index is 8.65. The van der Waals surface area contributed by atoms with Crippen molar-refractivity contribution in [3.05, 3.63) is 30.0 Å². The van der Waals surface area contributed by atoms with Gasteiger partial charge in [0, 0.05) is 29.8 Å². The summed E-state index contributed by atoms with van der Waals surface area (Å²) in [5.74, 6) is 0.787. The molecule has 5 heteroatoms. The largest absolute Gasteiger partial charge is 0.467 e. The Bertz CT molecular complexity index is 522. The van der Waals surface area contributed by atoms with E-state index in [2.05, 4.69) is 16.0 Å². The van der Waals surface area contributed by atoms with Crippen LogP contribution in [-0.2, 0) is 11.3 Å². The van der Waals surface area contributed by atoms with Gasteiger partial charge in [-0.15, -0.1) is 0 Å². The number of nitrogens with one attached hydrogen (secondary N) is 1. The first-order chi connectivity index (χ1) is 9.22. The van der Waals surface area contributed by atoms with E-state index in [1.807, 2.05) is 26.2 Å². The number of aliphatic hydroxyl groups is 1. The molecule has 0 spiro atoms. The number of nitrogens with zero attached hydrogens (tertiary/aromatic N) is 1. The average molecular weight is 263 g/mol. The fraction of sp³-hybridized carbons (Fsp3) is 0.429. The molecule has 19 heavy (non-hydrogen) atoms. The Morgan fingerprint density at radius 2 is 2.21 bits per heavy atom. The molecular weight excluding hydrogens is 244 g/mol. The second-order valence-electron chi connectivity index (χ2n) is 4.53. The fourth-order valence-corrected chi connectivity index (χ4v) is 1.94. The van der Waals surface area contributed by atoms with Crippen molar-refractivity contribution in [3.63, 3.8) is 0 Å². The molecule has 0 aliphatic carbocycles. The molecule has 1 heterocycles. The number of H-pyrrole nitrogens is 1. The molecule has 2 rings (SSSR count). The molecule has 0 fully saturated rings. The van der Waals surface area contributed by atoms with E-state index in [-0.39, 0.29) is 20.0 Å². The van der Waals surface area contributed by atoms with Gasteiger partial charge in [-0.05, 0) is 26.2 Å². The minimum Gasteiger partial charge on any atom is -0.467 e. The van der Waals surface area contributed by atoms with E-state index in [1.165, 1.54) is 0 Å². The average Bonchev–Trinajstić information content (AvgIpc) is 2.84. The zero-order valence-corrected chi connectivity index (χ0v) is 11.3. The number of hydrogen-bond donors (Lipinski definition) is 2. The zero-order chi connectivity index (χ0) is 13.7. The third kappa shape index (κ3) is 3.47. The van der Waals surface area contributed by atoms with Crippen molar-refractivity contribution in [3.8, 4) is 5.75 Å². The molecule has 0 atom stereocenters. The Balaban J connectivity index is 2.20. The number of aromatic nitrogens is 1. The summed E-state index contributed by atoms with van der Waals surface area (Å²) in [7, 11) is 4.02. The predicted octanol–water partition coefficient (Wildman–Crippen LogP) is 1.37. The summed E-state index contributed by atoms with van der Waals surface area (Å²) in [4.78, 5) is 5.27. The maximum Gasteiger partial charge on any atom is 0.189 e. The first kappa shape index (κ1) is 13.9. The van der Waals surface area contributed by atoms with Crippen LogP contribution in [0.4, 0.5) is 0 Å². The lowest BCUT2D eigenvalue weighted by molar-refractivity contribution is -0.00160. The second kappa shape index (κ2) is 6.56. The number of benzene rings is 1. The van der Waals surface area contributed by atoms with Crippen molar-refractivity contribution in [1.82, 2.24) is 9.88 Å². The van der Waals surface area contributed by atoms with Gasteiger partial charge in [0.25, 0.3) is 0 Å². The van der Waals surface area contributed by atoms with E-state index in [0.29, 0.717) is 0 Å². The summed E-state index contributed by atoms with van der Waals surface area (Å²) in [5, 5.41) is 9.70. The summed E-state index contributed by atoms with van der Waals surface area (Å²) in [6.45, 7) is 1.18. The van der Waals surface area contributed by atoms with E-state index < -0.39 is 0 Å². The van der Waals surface area contributed by atoms with Crippen LogP contribution >= 0.6 is 0 Å². The first-order valence-corrected chi connectivity index (χ1v) is 6.19. The van der Waals surface area contributed by atoms with Gasteiger partial charge >= 0.3 is 0 Å². The van der Waals surface area contributed by atoms with Crippen LogP contribution in [0.3, 0.4) is 0 Å². The van der Waals surface area contributed by atoms with Gasteiger partial charge in [-0.25, -0.2) is 0 Å². The third-order valence-corrected chi connectivity index (χ3v) is 2.72. The van der Waals surface area contributed by atoms with E-state index in [1.54, 1.807) is 6.20 Å². The molecule has 1 radical (unpaired) electrons. The topological polar surface area (TPSA) is 57.7 Å². The molecule has 0 bridgehead atoms. The number of fused-ring (bicyclic) bond motifs is 1. The monoisotopic (exact) mass is 263 g/mol. The first-order valence-electron chi connectivity index (χ1n) is 6.19. The molecule has 0 aliphatic heterocycles. The lowest BCUT2D eigenvalue weighted by Gasteiger charge is -2.16. The smallest absolute Gasteiger partial charge is 0.189 e. The molecule has 0 saturated carbocycles. The Morgan fingerprint density at radius 3 is 2.95 bits per heavy atom. The Kier molecular flexibility index (Phi) is 4.79. The van der Waals surface area contributed by atoms with Crippen LogP contribution in [0.15, 0.2) is 18.3 Å². The highest BCUT2D eigenvalue weighted by atomic mass is 16.7. The molecule has 0 saturated heterocycles. The predicted molar refractivity (Wildman–Crippen MR) is 73.1 cm³/mol. The molecule has 1 aromatic carbocycles. The Morgan fingerprint density at radius 1 is 1.37 bits per heavy atom. The van der Waals surface area contributed by atoms with Gasteiger partial charge in [-0.3, -0.25) is 0 Å². The lowest BCUT2D eigenvalue weighted by atomic mass is 10.1. The summed E-state index contributed by atoms with van der Waals surface area (Å²) < 4.78 is 10.8. The SMILES string of the molecule is CN(C)Cc1c(OCOCCO)ccc2[c]c[nH]c12. The van der Waals surface area contributed by atoms with E-state index >= 15 is 0 Å². The van der Waals surface area contributed by atoms with Crippen molar-refractivity contribution >= 4 is 10.9 Å². The molecular formula is C14H19N2O3. The molecule has 2 aromatic rings. The van der Waals surface area contributed by atoms with Gasteiger partial charge in [0.1, 0.15) is 5.75 Å². The number of hydrogen-bond acceptors (Lipinski definition) is 4. The van der Waals surface area contributed by atoms with Gasteiger partial charge in [-0.2, -0.15) is 0 Å². The number of ether oxygens (including phenoxy) is 2. The number of aromatic amines is 1. The molecule has 5 nitrogen and oxygen atoms in total. The molecule has 2 N–H and O–H groups in total. The van der Waals surface area contributed by atoms with Crippen LogP contribution in [0.5, 0.6) is 5.75 Å². The Hall–Kier alpha value is -1.56. The van der Waals surface area contributed by atoms with Crippen molar-refractivity contribution in [2.45, 2.75) is 6.54 Å².